The van der Waals surface area contributed by atoms with Crippen molar-refractivity contribution in [2.45, 2.75) is 25.9 Å². The molecule has 6 heteroatoms. The van der Waals surface area contributed by atoms with E-state index in [1.165, 1.54) is 0 Å². The van der Waals surface area contributed by atoms with Gasteiger partial charge in [-0.25, -0.2) is 0 Å². The molecule has 0 aliphatic heterocycles. The molecule has 1 atom stereocenters. The van der Waals surface area contributed by atoms with Crippen LogP contribution in [0.2, 0.25) is 5.02 Å². The smallest absolute Gasteiger partial charge is 0.0890 e. The summed E-state index contributed by atoms with van der Waals surface area (Å²) in [6, 6.07) is 5.66. The molecule has 5 nitrogen and oxygen atoms in total. The van der Waals surface area contributed by atoms with Gasteiger partial charge in [-0.05, 0) is 31.5 Å². The summed E-state index contributed by atoms with van der Waals surface area (Å²) in [7, 11) is 0. The van der Waals surface area contributed by atoms with Crippen LogP contribution >= 0.6 is 11.6 Å². The van der Waals surface area contributed by atoms with E-state index in [1.807, 2.05) is 36.7 Å². The molecule has 0 aliphatic rings. The van der Waals surface area contributed by atoms with Gasteiger partial charge in [-0.1, -0.05) is 17.7 Å². The Balaban J connectivity index is 2.08. The van der Waals surface area contributed by atoms with Crippen LogP contribution in [0, 0.1) is 0 Å². The van der Waals surface area contributed by atoms with Gasteiger partial charge in [0.15, 0.2) is 0 Å². The van der Waals surface area contributed by atoms with Crippen molar-refractivity contribution >= 4 is 22.6 Å². The Hall–Kier alpha value is -1.98. The summed E-state index contributed by atoms with van der Waals surface area (Å²) in [6.07, 6.45) is 4.98. The van der Waals surface area contributed by atoms with E-state index >= 15 is 0 Å². The predicted octanol–water partition coefficient (Wildman–Crippen LogP) is 3.11. The highest BCUT2D eigenvalue weighted by molar-refractivity contribution is 6.31. The quantitative estimate of drug-likeness (QED) is 0.807. The molecule has 0 bridgehead atoms. The molecule has 0 saturated heterocycles. The summed E-state index contributed by atoms with van der Waals surface area (Å²) < 4.78 is 1.86. The third kappa shape index (κ3) is 2.50. The lowest BCUT2D eigenvalue weighted by molar-refractivity contribution is 0.499. The molecule has 0 saturated carbocycles. The Bertz CT molecular complexity index is 781. The summed E-state index contributed by atoms with van der Waals surface area (Å²) in [5, 5.41) is 4.88. The first-order valence-corrected chi connectivity index (χ1v) is 7.15. The third-order valence-electron chi connectivity index (χ3n) is 3.42. The van der Waals surface area contributed by atoms with Crippen molar-refractivity contribution < 1.29 is 0 Å². The van der Waals surface area contributed by atoms with Crippen LogP contribution in [-0.2, 0) is 0 Å². The summed E-state index contributed by atoms with van der Waals surface area (Å²) in [6.45, 7) is 4.09. The average Bonchev–Trinajstić information content (AvgIpc) is 2.88. The Kier molecular flexibility index (Phi) is 3.61. The molecular formula is C15H16ClN5. The maximum Gasteiger partial charge on any atom is 0.0890 e. The van der Waals surface area contributed by atoms with Crippen LogP contribution in [0.25, 0.3) is 11.0 Å². The van der Waals surface area contributed by atoms with E-state index in [2.05, 4.69) is 15.1 Å². The molecule has 0 spiro atoms. The zero-order valence-corrected chi connectivity index (χ0v) is 12.6. The largest absolute Gasteiger partial charge is 0.319 e. The fourth-order valence-corrected chi connectivity index (χ4v) is 2.63. The second kappa shape index (κ2) is 5.42. The summed E-state index contributed by atoms with van der Waals surface area (Å²) in [5.74, 6) is 0. The molecule has 21 heavy (non-hydrogen) atoms. The second-order valence-corrected chi connectivity index (χ2v) is 5.61. The molecule has 0 radical (unpaired) electrons. The summed E-state index contributed by atoms with van der Waals surface area (Å²) >= 11 is 6.26. The van der Waals surface area contributed by atoms with Crippen molar-refractivity contribution in [2.24, 2.45) is 5.73 Å². The van der Waals surface area contributed by atoms with Crippen LogP contribution in [0.15, 0.2) is 36.8 Å². The third-order valence-corrected chi connectivity index (χ3v) is 3.71. The normalized spacial score (nSPS) is 13.0. The lowest BCUT2D eigenvalue weighted by atomic mass is 10.0. The van der Waals surface area contributed by atoms with Crippen molar-refractivity contribution in [3.63, 3.8) is 0 Å². The van der Waals surface area contributed by atoms with E-state index in [0.717, 1.165) is 22.3 Å². The Morgan fingerprint density at radius 2 is 1.86 bits per heavy atom. The van der Waals surface area contributed by atoms with Crippen LogP contribution in [-0.4, -0.2) is 19.7 Å². The van der Waals surface area contributed by atoms with E-state index in [1.54, 1.807) is 18.6 Å². The van der Waals surface area contributed by atoms with Crippen LogP contribution in [0.5, 0.6) is 0 Å². The number of halogens is 1. The minimum absolute atomic E-state index is 0.193. The fourth-order valence-electron chi connectivity index (χ4n) is 2.38. The van der Waals surface area contributed by atoms with Gasteiger partial charge in [0.25, 0.3) is 0 Å². The van der Waals surface area contributed by atoms with Gasteiger partial charge in [0.2, 0.25) is 0 Å². The molecule has 2 aromatic heterocycles. The number of hydrogen-bond acceptors (Lipinski definition) is 4. The van der Waals surface area contributed by atoms with E-state index < -0.39 is 0 Å². The number of fused-ring (bicyclic) bond motifs is 1. The summed E-state index contributed by atoms with van der Waals surface area (Å²) in [4.78, 5) is 8.57. The molecule has 0 fully saturated rings. The molecule has 1 aromatic carbocycles. The highest BCUT2D eigenvalue weighted by Gasteiger charge is 2.20. The van der Waals surface area contributed by atoms with Gasteiger partial charge in [-0.2, -0.15) is 5.10 Å². The SMILES string of the molecule is CC(C)n1ncc(Cl)c1C(N)c1ccc2nccnc2c1. The number of hydrogen-bond donors (Lipinski definition) is 1. The van der Waals surface area contributed by atoms with Crippen molar-refractivity contribution in [1.29, 1.82) is 0 Å². The fraction of sp³-hybridized carbons (Fsp3) is 0.267. The van der Waals surface area contributed by atoms with Gasteiger partial charge < -0.3 is 5.73 Å². The highest BCUT2D eigenvalue weighted by Crippen LogP contribution is 2.29. The average molecular weight is 302 g/mol. The minimum atomic E-state index is -0.353. The zero-order chi connectivity index (χ0) is 15.0. The van der Waals surface area contributed by atoms with Crippen LogP contribution in [0.3, 0.4) is 0 Å². The molecular weight excluding hydrogens is 286 g/mol. The van der Waals surface area contributed by atoms with E-state index in [0.29, 0.717) is 5.02 Å². The number of rotatable bonds is 3. The van der Waals surface area contributed by atoms with Crippen molar-refractivity contribution in [2.75, 3.05) is 0 Å². The maximum atomic E-state index is 6.40. The Labute approximate surface area is 127 Å². The second-order valence-electron chi connectivity index (χ2n) is 5.20. The Morgan fingerprint density at radius 1 is 1.14 bits per heavy atom. The lowest BCUT2D eigenvalue weighted by Gasteiger charge is -2.18. The first-order chi connectivity index (χ1) is 10.1. The van der Waals surface area contributed by atoms with Crippen molar-refractivity contribution in [1.82, 2.24) is 19.7 Å². The maximum absolute atomic E-state index is 6.40. The first-order valence-electron chi connectivity index (χ1n) is 6.77. The van der Waals surface area contributed by atoms with E-state index in [9.17, 15) is 0 Å². The zero-order valence-electron chi connectivity index (χ0n) is 11.9. The molecule has 0 aliphatic carbocycles. The van der Waals surface area contributed by atoms with Gasteiger partial charge in [0.05, 0.1) is 34.0 Å². The molecule has 3 rings (SSSR count). The number of benzene rings is 1. The van der Waals surface area contributed by atoms with Crippen molar-refractivity contribution in [3.8, 4) is 0 Å². The van der Waals surface area contributed by atoms with Crippen molar-refractivity contribution in [3.05, 3.63) is 53.1 Å². The molecule has 108 valence electrons. The first kappa shape index (κ1) is 14.0. The predicted molar refractivity (Wildman–Crippen MR) is 83.2 cm³/mol. The van der Waals surface area contributed by atoms with Gasteiger partial charge >= 0.3 is 0 Å². The number of aromatic nitrogens is 4. The van der Waals surface area contributed by atoms with Crippen LogP contribution in [0.4, 0.5) is 0 Å². The molecule has 0 amide bonds. The van der Waals surface area contributed by atoms with Gasteiger partial charge in [-0.15, -0.1) is 0 Å². The van der Waals surface area contributed by atoms with E-state index in [4.69, 9.17) is 17.3 Å². The van der Waals surface area contributed by atoms with Crippen LogP contribution < -0.4 is 5.73 Å². The molecule has 1 unspecified atom stereocenters. The number of nitrogens with zero attached hydrogens (tertiary/aromatic N) is 4. The van der Waals surface area contributed by atoms with Gasteiger partial charge in [0.1, 0.15) is 0 Å². The van der Waals surface area contributed by atoms with Gasteiger partial charge in [-0.3, -0.25) is 14.6 Å². The monoisotopic (exact) mass is 301 g/mol. The van der Waals surface area contributed by atoms with E-state index in [-0.39, 0.29) is 12.1 Å². The van der Waals surface area contributed by atoms with Crippen LogP contribution in [0.1, 0.15) is 37.2 Å². The van der Waals surface area contributed by atoms with Gasteiger partial charge in [0, 0.05) is 18.4 Å². The molecule has 2 heterocycles. The topological polar surface area (TPSA) is 69.6 Å². The highest BCUT2D eigenvalue weighted by atomic mass is 35.5. The lowest BCUT2D eigenvalue weighted by Crippen LogP contribution is -2.19. The molecule has 3 aromatic rings. The summed E-state index contributed by atoms with van der Waals surface area (Å²) in [5.41, 5.74) is 9.81. The number of nitrogens with two attached hydrogens (primary N) is 1. The standard InChI is InChI=1S/C15H16ClN5/c1-9(2)21-15(11(16)8-20-21)14(17)10-3-4-12-13(7-10)19-6-5-18-12/h3-9,14H,17H2,1-2H3. The Morgan fingerprint density at radius 3 is 2.57 bits per heavy atom. The molecule has 2 N–H and O–H groups in total. The minimum Gasteiger partial charge on any atom is -0.319 e.